The number of nitrogens with zero attached hydrogens (tertiary/aromatic N) is 1. The molecule has 0 fully saturated rings. The van der Waals surface area contributed by atoms with Gasteiger partial charge in [-0.15, -0.1) is 0 Å². The highest BCUT2D eigenvalue weighted by molar-refractivity contribution is 6.30. The van der Waals surface area contributed by atoms with E-state index in [2.05, 4.69) is 11.4 Å². The summed E-state index contributed by atoms with van der Waals surface area (Å²) in [4.78, 5) is 0. The fourth-order valence-corrected chi connectivity index (χ4v) is 1.35. The molecular formula is C12H15ClN2O. The lowest BCUT2D eigenvalue weighted by Gasteiger charge is -2.22. The van der Waals surface area contributed by atoms with E-state index in [9.17, 15) is 5.11 Å². The monoisotopic (exact) mass is 238 g/mol. The van der Waals surface area contributed by atoms with Crippen molar-refractivity contribution in [3.05, 3.63) is 28.8 Å². The molecular weight excluding hydrogens is 224 g/mol. The van der Waals surface area contributed by atoms with Gasteiger partial charge in [-0.3, -0.25) is 0 Å². The minimum atomic E-state index is -0.771. The number of hydrogen-bond donors (Lipinski definition) is 2. The smallest absolute Gasteiger partial charge is 0.101 e. The molecule has 16 heavy (non-hydrogen) atoms. The molecule has 1 unspecified atom stereocenters. The third-order valence-electron chi connectivity index (χ3n) is 2.52. The lowest BCUT2D eigenvalue weighted by molar-refractivity contribution is 0.0697. The van der Waals surface area contributed by atoms with Crippen molar-refractivity contribution in [1.82, 2.24) is 0 Å². The first-order valence-electron chi connectivity index (χ1n) is 5.14. The van der Waals surface area contributed by atoms with Gasteiger partial charge in [0.25, 0.3) is 0 Å². The van der Waals surface area contributed by atoms with Gasteiger partial charge in [0.15, 0.2) is 0 Å². The standard InChI is InChI=1S/C12H15ClN2O/c1-3-12(2,16)8-15-11-5-4-10(13)6-9(11)7-14/h4-6,15-16H,3,8H2,1-2H3. The quantitative estimate of drug-likeness (QED) is 0.848. The Hall–Kier alpha value is -1.24. The number of hydrogen-bond acceptors (Lipinski definition) is 3. The largest absolute Gasteiger partial charge is 0.388 e. The zero-order valence-corrected chi connectivity index (χ0v) is 10.2. The first-order valence-corrected chi connectivity index (χ1v) is 5.52. The van der Waals surface area contributed by atoms with Crippen LogP contribution in [0, 0.1) is 11.3 Å². The van der Waals surface area contributed by atoms with E-state index in [1.54, 1.807) is 25.1 Å². The number of aliphatic hydroxyl groups is 1. The van der Waals surface area contributed by atoms with E-state index in [1.807, 2.05) is 6.92 Å². The third kappa shape index (κ3) is 3.41. The summed E-state index contributed by atoms with van der Waals surface area (Å²) in [6, 6.07) is 7.12. The summed E-state index contributed by atoms with van der Waals surface area (Å²) < 4.78 is 0. The predicted octanol–water partition coefficient (Wildman–Crippen LogP) is 2.78. The van der Waals surface area contributed by atoms with Gasteiger partial charge in [0.2, 0.25) is 0 Å². The topological polar surface area (TPSA) is 56.0 Å². The molecule has 86 valence electrons. The first kappa shape index (κ1) is 12.8. The van der Waals surface area contributed by atoms with Crippen molar-refractivity contribution in [1.29, 1.82) is 5.26 Å². The Morgan fingerprint density at radius 3 is 2.81 bits per heavy atom. The highest BCUT2D eigenvalue weighted by Gasteiger charge is 2.17. The third-order valence-corrected chi connectivity index (χ3v) is 2.76. The van der Waals surface area contributed by atoms with Crippen LogP contribution in [0.2, 0.25) is 5.02 Å². The molecule has 0 radical (unpaired) electrons. The average molecular weight is 239 g/mol. The van der Waals surface area contributed by atoms with E-state index < -0.39 is 5.60 Å². The van der Waals surface area contributed by atoms with Crippen LogP contribution in [-0.2, 0) is 0 Å². The Bertz CT molecular complexity index is 410. The molecule has 1 rings (SSSR count). The van der Waals surface area contributed by atoms with Gasteiger partial charge in [0.1, 0.15) is 6.07 Å². The molecule has 0 aromatic heterocycles. The molecule has 1 aromatic rings. The molecule has 2 N–H and O–H groups in total. The minimum absolute atomic E-state index is 0.403. The van der Waals surface area contributed by atoms with E-state index in [-0.39, 0.29) is 0 Å². The van der Waals surface area contributed by atoms with Crippen LogP contribution in [0.25, 0.3) is 0 Å². The van der Waals surface area contributed by atoms with E-state index in [4.69, 9.17) is 16.9 Å². The van der Waals surface area contributed by atoms with Gasteiger partial charge < -0.3 is 10.4 Å². The van der Waals surface area contributed by atoms with Crippen LogP contribution in [0.4, 0.5) is 5.69 Å². The Kier molecular flexibility index (Phi) is 4.17. The molecule has 0 saturated carbocycles. The van der Waals surface area contributed by atoms with E-state index in [0.717, 1.165) is 0 Å². The first-order chi connectivity index (χ1) is 7.48. The fourth-order valence-electron chi connectivity index (χ4n) is 1.17. The number of rotatable bonds is 4. The number of halogens is 1. The van der Waals surface area contributed by atoms with Crippen LogP contribution < -0.4 is 5.32 Å². The second-order valence-corrected chi connectivity index (χ2v) is 4.44. The van der Waals surface area contributed by atoms with Crippen molar-refractivity contribution in [3.8, 4) is 6.07 Å². The predicted molar refractivity (Wildman–Crippen MR) is 65.6 cm³/mol. The van der Waals surface area contributed by atoms with Crippen molar-refractivity contribution in [2.24, 2.45) is 0 Å². The molecule has 0 aliphatic heterocycles. The minimum Gasteiger partial charge on any atom is -0.388 e. The molecule has 0 amide bonds. The summed E-state index contributed by atoms with van der Waals surface area (Å²) in [5.74, 6) is 0. The van der Waals surface area contributed by atoms with Crippen LogP contribution in [0.15, 0.2) is 18.2 Å². The van der Waals surface area contributed by atoms with E-state index in [0.29, 0.717) is 29.2 Å². The van der Waals surface area contributed by atoms with E-state index >= 15 is 0 Å². The molecule has 4 heteroatoms. The number of nitriles is 1. The Morgan fingerprint density at radius 2 is 2.25 bits per heavy atom. The zero-order chi connectivity index (χ0) is 12.2. The zero-order valence-electron chi connectivity index (χ0n) is 9.42. The normalized spacial score (nSPS) is 13.9. The highest BCUT2D eigenvalue weighted by Crippen LogP contribution is 2.21. The van der Waals surface area contributed by atoms with Crippen molar-refractivity contribution in [2.45, 2.75) is 25.9 Å². The van der Waals surface area contributed by atoms with Gasteiger partial charge in [-0.25, -0.2) is 0 Å². The molecule has 0 heterocycles. The number of nitrogens with one attached hydrogen (secondary N) is 1. The second-order valence-electron chi connectivity index (χ2n) is 4.01. The maximum atomic E-state index is 9.83. The van der Waals surface area contributed by atoms with Crippen LogP contribution in [0.1, 0.15) is 25.8 Å². The second kappa shape index (κ2) is 5.20. The Labute approximate surface area is 101 Å². The van der Waals surface area contributed by atoms with E-state index in [1.165, 1.54) is 0 Å². The fraction of sp³-hybridized carbons (Fsp3) is 0.417. The van der Waals surface area contributed by atoms with Crippen LogP contribution >= 0.6 is 11.6 Å². The lowest BCUT2D eigenvalue weighted by Crippen LogP contribution is -2.32. The van der Waals surface area contributed by atoms with Crippen molar-refractivity contribution in [3.63, 3.8) is 0 Å². The summed E-state index contributed by atoms with van der Waals surface area (Å²) in [6.45, 7) is 4.07. The molecule has 1 atom stereocenters. The molecule has 0 saturated heterocycles. The summed E-state index contributed by atoms with van der Waals surface area (Å²) in [6.07, 6.45) is 0.648. The van der Waals surface area contributed by atoms with Gasteiger partial charge in [-0.2, -0.15) is 5.26 Å². The van der Waals surface area contributed by atoms with Crippen molar-refractivity contribution in [2.75, 3.05) is 11.9 Å². The molecule has 0 spiro atoms. The number of anilines is 1. The summed E-state index contributed by atoms with van der Waals surface area (Å²) in [7, 11) is 0. The van der Waals surface area contributed by atoms with Gasteiger partial charge in [0, 0.05) is 11.6 Å². The van der Waals surface area contributed by atoms with Gasteiger partial charge in [-0.1, -0.05) is 18.5 Å². The lowest BCUT2D eigenvalue weighted by atomic mass is 10.0. The van der Waals surface area contributed by atoms with Gasteiger partial charge in [-0.05, 0) is 31.5 Å². The maximum Gasteiger partial charge on any atom is 0.101 e. The van der Waals surface area contributed by atoms with Crippen LogP contribution in [-0.4, -0.2) is 17.3 Å². The SMILES string of the molecule is CCC(C)(O)CNc1ccc(Cl)cc1C#N. The number of benzene rings is 1. The van der Waals surface area contributed by atoms with Crippen molar-refractivity contribution < 1.29 is 5.11 Å². The Morgan fingerprint density at radius 1 is 1.56 bits per heavy atom. The summed E-state index contributed by atoms with van der Waals surface area (Å²) >= 11 is 5.78. The Balaban J connectivity index is 2.79. The summed E-state index contributed by atoms with van der Waals surface area (Å²) in [5.41, 5.74) is 0.409. The molecule has 1 aromatic carbocycles. The average Bonchev–Trinajstić information content (AvgIpc) is 2.27. The van der Waals surface area contributed by atoms with Crippen molar-refractivity contribution >= 4 is 17.3 Å². The molecule has 3 nitrogen and oxygen atoms in total. The molecule has 0 aliphatic rings. The highest BCUT2D eigenvalue weighted by atomic mass is 35.5. The maximum absolute atomic E-state index is 9.83. The molecule has 0 aliphatic carbocycles. The van der Waals surface area contributed by atoms with Crippen LogP contribution in [0.5, 0.6) is 0 Å². The van der Waals surface area contributed by atoms with Crippen LogP contribution in [0.3, 0.4) is 0 Å². The van der Waals surface area contributed by atoms with Gasteiger partial charge in [0.05, 0.1) is 16.9 Å². The molecule has 0 bridgehead atoms. The summed E-state index contributed by atoms with van der Waals surface area (Å²) in [5, 5.41) is 22.3. The van der Waals surface area contributed by atoms with Gasteiger partial charge >= 0.3 is 0 Å².